The van der Waals surface area contributed by atoms with Gasteiger partial charge in [0.05, 0.1) is 34.2 Å². The van der Waals surface area contributed by atoms with E-state index in [0.29, 0.717) is 47.5 Å². The van der Waals surface area contributed by atoms with Crippen LogP contribution in [0.3, 0.4) is 0 Å². The summed E-state index contributed by atoms with van der Waals surface area (Å²) in [5, 5.41) is 6.41. The second kappa shape index (κ2) is 12.5. The van der Waals surface area contributed by atoms with Crippen molar-refractivity contribution in [2.75, 3.05) is 27.9 Å². The van der Waals surface area contributed by atoms with Gasteiger partial charge in [-0.1, -0.05) is 42.5 Å². The second-order valence-electron chi connectivity index (χ2n) is 8.18. The van der Waals surface area contributed by atoms with Crippen LogP contribution >= 0.6 is 0 Å². The Labute approximate surface area is 221 Å². The van der Waals surface area contributed by atoms with Gasteiger partial charge in [0, 0.05) is 5.56 Å². The molecule has 0 aliphatic heterocycles. The highest BCUT2D eigenvalue weighted by Crippen LogP contribution is 2.38. The number of benzene rings is 4. The molecule has 196 valence electrons. The first kappa shape index (κ1) is 26.3. The Morgan fingerprint density at radius 3 is 2.26 bits per heavy atom. The third-order valence-electron chi connectivity index (χ3n) is 5.84. The molecule has 0 saturated heterocycles. The van der Waals surface area contributed by atoms with E-state index in [4.69, 9.17) is 23.7 Å². The summed E-state index contributed by atoms with van der Waals surface area (Å²) in [5.74, 6) is 1.94. The summed E-state index contributed by atoms with van der Waals surface area (Å²) in [6.45, 7) is 2.79. The highest BCUT2D eigenvalue weighted by Gasteiger charge is 2.17. The first-order chi connectivity index (χ1) is 18.6. The molecule has 4 aromatic rings. The predicted octanol–water partition coefficient (Wildman–Crippen LogP) is 5.61. The van der Waals surface area contributed by atoms with Crippen molar-refractivity contribution in [1.29, 1.82) is 0 Å². The molecule has 0 unspecified atom stereocenters. The van der Waals surface area contributed by atoms with Gasteiger partial charge in [-0.05, 0) is 59.2 Å². The summed E-state index contributed by atoms with van der Waals surface area (Å²) in [7, 11) is 4.48. The standard InChI is InChI=1S/C30H30N2O6/c1-5-37-26-15-20(13-14-25(26)38-19-22-11-8-10-21-9-6-7-12-24(21)22)18-31-32-30(33)23-16-27(34-2)29(36-4)28(17-23)35-3/h6-18H,5,19H2,1-4H3,(H,32,33). The van der Waals surface area contributed by atoms with Crippen molar-refractivity contribution in [2.24, 2.45) is 5.10 Å². The van der Waals surface area contributed by atoms with Gasteiger partial charge < -0.3 is 23.7 Å². The number of carbonyl (C=O) groups is 1. The van der Waals surface area contributed by atoms with Gasteiger partial charge in [-0.2, -0.15) is 5.10 Å². The SMILES string of the molecule is CCOc1cc(C=NNC(=O)c2cc(OC)c(OC)c(OC)c2)ccc1OCc1cccc2ccccc12. The fourth-order valence-electron chi connectivity index (χ4n) is 4.01. The Hall–Kier alpha value is -4.72. The average molecular weight is 515 g/mol. The van der Waals surface area contributed by atoms with Gasteiger partial charge in [0.25, 0.3) is 5.91 Å². The molecule has 0 saturated carbocycles. The summed E-state index contributed by atoms with van der Waals surface area (Å²) in [5.41, 5.74) is 4.65. The molecule has 0 heterocycles. The van der Waals surface area contributed by atoms with Crippen LogP contribution < -0.4 is 29.1 Å². The van der Waals surface area contributed by atoms with Crippen molar-refractivity contribution in [2.45, 2.75) is 13.5 Å². The molecule has 8 heteroatoms. The maximum atomic E-state index is 12.7. The lowest BCUT2D eigenvalue weighted by atomic mass is 10.1. The van der Waals surface area contributed by atoms with E-state index in [1.807, 2.05) is 43.3 Å². The lowest BCUT2D eigenvalue weighted by Crippen LogP contribution is -2.18. The Bertz CT molecular complexity index is 1420. The van der Waals surface area contributed by atoms with E-state index in [1.165, 1.54) is 32.9 Å². The van der Waals surface area contributed by atoms with Crippen LogP contribution in [0.5, 0.6) is 28.7 Å². The number of methoxy groups -OCH3 is 3. The zero-order valence-electron chi connectivity index (χ0n) is 21.8. The first-order valence-corrected chi connectivity index (χ1v) is 12.1. The predicted molar refractivity (Wildman–Crippen MR) is 147 cm³/mol. The summed E-state index contributed by atoms with van der Waals surface area (Å²) < 4.78 is 27.9. The molecule has 0 bridgehead atoms. The van der Waals surface area contributed by atoms with E-state index >= 15 is 0 Å². The van der Waals surface area contributed by atoms with Crippen LogP contribution in [0, 0.1) is 0 Å². The number of fused-ring (bicyclic) bond motifs is 1. The van der Waals surface area contributed by atoms with Gasteiger partial charge in [0.15, 0.2) is 23.0 Å². The van der Waals surface area contributed by atoms with Crippen LogP contribution in [0.2, 0.25) is 0 Å². The highest BCUT2D eigenvalue weighted by molar-refractivity contribution is 5.96. The van der Waals surface area contributed by atoms with E-state index in [0.717, 1.165) is 16.5 Å². The number of nitrogens with zero attached hydrogens (tertiary/aromatic N) is 1. The number of rotatable bonds is 11. The quantitative estimate of drug-likeness (QED) is 0.207. The average Bonchev–Trinajstić information content (AvgIpc) is 2.95. The van der Waals surface area contributed by atoms with Gasteiger partial charge in [0.1, 0.15) is 6.61 Å². The number of amides is 1. The van der Waals surface area contributed by atoms with Crippen molar-refractivity contribution >= 4 is 22.9 Å². The van der Waals surface area contributed by atoms with Crippen molar-refractivity contribution in [3.8, 4) is 28.7 Å². The maximum absolute atomic E-state index is 12.7. The molecule has 0 spiro atoms. The molecule has 0 aromatic heterocycles. The minimum Gasteiger partial charge on any atom is -0.493 e. The topological polar surface area (TPSA) is 87.6 Å². The monoisotopic (exact) mass is 514 g/mol. The van der Waals surface area contributed by atoms with Crippen molar-refractivity contribution in [3.05, 3.63) is 89.5 Å². The summed E-state index contributed by atoms with van der Waals surface area (Å²) in [6.07, 6.45) is 1.53. The molecule has 0 atom stereocenters. The first-order valence-electron chi connectivity index (χ1n) is 12.1. The second-order valence-corrected chi connectivity index (χ2v) is 8.18. The molecule has 4 rings (SSSR count). The number of hydrogen-bond donors (Lipinski definition) is 1. The molecule has 0 fully saturated rings. The Morgan fingerprint density at radius 1 is 0.816 bits per heavy atom. The third-order valence-corrected chi connectivity index (χ3v) is 5.84. The van der Waals surface area contributed by atoms with Crippen molar-refractivity contribution in [3.63, 3.8) is 0 Å². The summed E-state index contributed by atoms with van der Waals surface area (Å²) in [4.78, 5) is 12.7. The molecule has 0 aliphatic rings. The fraction of sp³-hybridized carbons (Fsp3) is 0.200. The summed E-state index contributed by atoms with van der Waals surface area (Å²) in [6, 6.07) is 23.0. The van der Waals surface area contributed by atoms with Crippen LogP contribution in [0.4, 0.5) is 0 Å². The van der Waals surface area contributed by atoms with E-state index in [-0.39, 0.29) is 0 Å². The van der Waals surface area contributed by atoms with Crippen LogP contribution in [0.1, 0.15) is 28.4 Å². The molecule has 1 amide bonds. The number of hydrogen-bond acceptors (Lipinski definition) is 7. The van der Waals surface area contributed by atoms with Gasteiger partial charge >= 0.3 is 0 Å². The molecular formula is C30H30N2O6. The van der Waals surface area contributed by atoms with Gasteiger partial charge in [0.2, 0.25) is 5.75 Å². The van der Waals surface area contributed by atoms with Crippen LogP contribution in [0.15, 0.2) is 77.9 Å². The van der Waals surface area contributed by atoms with Gasteiger partial charge in [-0.15, -0.1) is 0 Å². The number of ether oxygens (including phenoxy) is 5. The largest absolute Gasteiger partial charge is 0.493 e. The van der Waals surface area contributed by atoms with Gasteiger partial charge in [-0.25, -0.2) is 5.43 Å². The van der Waals surface area contributed by atoms with Crippen molar-refractivity contribution < 1.29 is 28.5 Å². The lowest BCUT2D eigenvalue weighted by Gasteiger charge is -2.14. The van der Waals surface area contributed by atoms with Gasteiger partial charge in [-0.3, -0.25) is 4.79 Å². The van der Waals surface area contributed by atoms with E-state index in [2.05, 4.69) is 34.8 Å². The zero-order chi connectivity index (χ0) is 26.9. The molecule has 0 aliphatic carbocycles. The van der Waals surface area contributed by atoms with Crippen LogP contribution in [0.25, 0.3) is 10.8 Å². The molecule has 1 N–H and O–H groups in total. The molecule has 8 nitrogen and oxygen atoms in total. The lowest BCUT2D eigenvalue weighted by molar-refractivity contribution is 0.0954. The van der Waals surface area contributed by atoms with E-state index in [9.17, 15) is 4.79 Å². The van der Waals surface area contributed by atoms with Crippen LogP contribution in [-0.2, 0) is 6.61 Å². The third kappa shape index (κ3) is 5.98. The number of hydrazone groups is 1. The fourth-order valence-corrected chi connectivity index (χ4v) is 4.01. The smallest absolute Gasteiger partial charge is 0.271 e. The zero-order valence-corrected chi connectivity index (χ0v) is 21.8. The molecular weight excluding hydrogens is 484 g/mol. The normalized spacial score (nSPS) is 10.8. The van der Waals surface area contributed by atoms with Crippen molar-refractivity contribution in [1.82, 2.24) is 5.43 Å². The minimum atomic E-state index is -0.430. The van der Waals surface area contributed by atoms with Crippen LogP contribution in [-0.4, -0.2) is 40.1 Å². The number of carbonyl (C=O) groups excluding carboxylic acids is 1. The molecule has 38 heavy (non-hydrogen) atoms. The molecule has 4 aromatic carbocycles. The Balaban J connectivity index is 1.46. The highest BCUT2D eigenvalue weighted by atomic mass is 16.5. The summed E-state index contributed by atoms with van der Waals surface area (Å²) >= 11 is 0. The molecule has 0 radical (unpaired) electrons. The van der Waals surface area contributed by atoms with E-state index in [1.54, 1.807) is 12.1 Å². The Kier molecular flexibility index (Phi) is 8.66. The number of nitrogens with one attached hydrogen (secondary N) is 1. The Morgan fingerprint density at radius 2 is 1.55 bits per heavy atom. The van der Waals surface area contributed by atoms with E-state index < -0.39 is 5.91 Å². The minimum absolute atomic E-state index is 0.309. The maximum Gasteiger partial charge on any atom is 0.271 e.